The number of rotatable bonds is 1. The van der Waals surface area contributed by atoms with Crippen LogP contribution in [0.15, 0.2) is 0 Å². The van der Waals surface area contributed by atoms with Crippen LogP contribution in [0.3, 0.4) is 0 Å². The number of aromatic nitrogens is 1. The highest BCUT2D eigenvalue weighted by Crippen LogP contribution is 2.35. The lowest BCUT2D eigenvalue weighted by Crippen LogP contribution is -2.12. The minimum Gasteiger partial charge on any atom is -0.505 e. The highest BCUT2D eigenvalue weighted by Gasteiger charge is 2.26. The van der Waals surface area contributed by atoms with Crippen LogP contribution in [0.2, 0.25) is 0 Å². The summed E-state index contributed by atoms with van der Waals surface area (Å²) in [5.41, 5.74) is 6.16. The van der Waals surface area contributed by atoms with Crippen LogP contribution in [0, 0.1) is 0 Å². The van der Waals surface area contributed by atoms with E-state index in [1.54, 1.807) is 4.57 Å². The summed E-state index contributed by atoms with van der Waals surface area (Å²) < 4.78 is 1.70. The Morgan fingerprint density at radius 2 is 2.14 bits per heavy atom. The van der Waals surface area contributed by atoms with Crippen LogP contribution >= 0.6 is 0 Å². The summed E-state index contributed by atoms with van der Waals surface area (Å²) >= 11 is 0. The van der Waals surface area contributed by atoms with E-state index in [-0.39, 0.29) is 17.1 Å². The molecule has 0 bridgehead atoms. The maximum Gasteiger partial charge on any atom is 0.343 e. The predicted molar refractivity (Wildman–Crippen MR) is 50.4 cm³/mol. The van der Waals surface area contributed by atoms with Crippen molar-refractivity contribution in [1.82, 2.24) is 4.57 Å². The maximum absolute atomic E-state index is 10.8. The van der Waals surface area contributed by atoms with Gasteiger partial charge in [0.2, 0.25) is 0 Å². The van der Waals surface area contributed by atoms with Crippen LogP contribution in [-0.4, -0.2) is 20.7 Å². The second kappa shape index (κ2) is 2.94. The summed E-state index contributed by atoms with van der Waals surface area (Å²) in [6.45, 7) is 0.696. The lowest BCUT2D eigenvalue weighted by molar-refractivity contribution is 0.0695. The van der Waals surface area contributed by atoms with Gasteiger partial charge in [-0.1, -0.05) is 0 Å². The van der Waals surface area contributed by atoms with Crippen molar-refractivity contribution in [3.63, 3.8) is 0 Å². The van der Waals surface area contributed by atoms with Crippen molar-refractivity contribution >= 4 is 11.8 Å². The zero-order valence-electron chi connectivity index (χ0n) is 7.66. The largest absolute Gasteiger partial charge is 0.505 e. The summed E-state index contributed by atoms with van der Waals surface area (Å²) in [5.74, 6) is -1.15. The van der Waals surface area contributed by atoms with Crippen molar-refractivity contribution < 1.29 is 15.0 Å². The molecule has 0 aromatic carbocycles. The minimum atomic E-state index is -1.16. The smallest absolute Gasteiger partial charge is 0.343 e. The molecule has 2 heterocycles. The van der Waals surface area contributed by atoms with Crippen LogP contribution in [0.1, 0.15) is 28.9 Å². The molecule has 0 radical (unpaired) electrons. The first-order valence-electron chi connectivity index (χ1n) is 4.56. The fourth-order valence-electron chi connectivity index (χ4n) is 1.96. The Hall–Kier alpha value is -1.65. The number of hydrogen-bond acceptors (Lipinski definition) is 3. The topological polar surface area (TPSA) is 88.5 Å². The fourth-order valence-corrected chi connectivity index (χ4v) is 1.96. The zero-order chi connectivity index (χ0) is 10.3. The number of hydrogen-bond donors (Lipinski definition) is 3. The molecule has 0 saturated carbocycles. The Morgan fingerprint density at radius 3 is 2.71 bits per heavy atom. The SMILES string of the molecule is Nc1c(C(=O)O)c(O)c2n1CCCC2. The molecule has 4 N–H and O–H groups in total. The Morgan fingerprint density at radius 1 is 1.43 bits per heavy atom. The van der Waals surface area contributed by atoms with E-state index in [9.17, 15) is 9.90 Å². The lowest BCUT2D eigenvalue weighted by atomic mass is 10.1. The summed E-state index contributed by atoms with van der Waals surface area (Å²) in [7, 11) is 0. The van der Waals surface area contributed by atoms with Gasteiger partial charge in [0.25, 0.3) is 0 Å². The van der Waals surface area contributed by atoms with Crippen LogP contribution < -0.4 is 5.73 Å². The third kappa shape index (κ3) is 1.05. The minimum absolute atomic E-state index is 0.151. The number of nitrogens with zero attached hydrogens (tertiary/aromatic N) is 1. The van der Waals surface area contributed by atoms with Gasteiger partial charge in [0.1, 0.15) is 11.4 Å². The summed E-state index contributed by atoms with van der Waals surface area (Å²) in [6.07, 6.45) is 2.64. The number of aromatic hydroxyl groups is 1. The average molecular weight is 196 g/mol. The monoisotopic (exact) mass is 196 g/mol. The molecule has 1 aliphatic rings. The van der Waals surface area contributed by atoms with Crippen molar-refractivity contribution in [3.05, 3.63) is 11.3 Å². The molecule has 5 heteroatoms. The van der Waals surface area contributed by atoms with E-state index in [1.165, 1.54) is 0 Å². The standard InChI is InChI=1S/C9H12N2O3/c10-8-6(9(13)14)7(12)5-3-1-2-4-11(5)8/h12H,1-4,10H2,(H,13,14). The first kappa shape index (κ1) is 8.93. The lowest BCUT2D eigenvalue weighted by Gasteiger charge is -2.15. The number of aromatic carboxylic acids is 1. The van der Waals surface area contributed by atoms with Gasteiger partial charge in [-0.2, -0.15) is 0 Å². The van der Waals surface area contributed by atoms with E-state index in [1.807, 2.05) is 0 Å². The number of nitrogens with two attached hydrogens (primary N) is 1. The van der Waals surface area contributed by atoms with Crippen LogP contribution in [0.4, 0.5) is 5.82 Å². The zero-order valence-corrected chi connectivity index (χ0v) is 7.66. The second-order valence-corrected chi connectivity index (χ2v) is 3.47. The molecule has 0 unspecified atom stereocenters. The summed E-state index contributed by atoms with van der Waals surface area (Å²) in [6, 6.07) is 0. The molecule has 1 aliphatic heterocycles. The van der Waals surface area contributed by atoms with Gasteiger partial charge in [0.05, 0.1) is 5.69 Å². The van der Waals surface area contributed by atoms with Gasteiger partial charge >= 0.3 is 5.97 Å². The number of nitrogen functional groups attached to an aromatic ring is 1. The Balaban J connectivity index is 2.63. The van der Waals surface area contributed by atoms with Crippen molar-refractivity contribution in [2.24, 2.45) is 0 Å². The molecule has 0 aliphatic carbocycles. The van der Waals surface area contributed by atoms with Crippen molar-refractivity contribution in [3.8, 4) is 5.75 Å². The molecule has 76 valence electrons. The molecule has 0 spiro atoms. The van der Waals surface area contributed by atoms with E-state index < -0.39 is 5.97 Å². The van der Waals surface area contributed by atoms with Crippen LogP contribution in [0.25, 0.3) is 0 Å². The number of carboxylic acid groups (broad SMARTS) is 1. The maximum atomic E-state index is 10.8. The van der Waals surface area contributed by atoms with E-state index in [0.29, 0.717) is 18.7 Å². The molecule has 0 saturated heterocycles. The van der Waals surface area contributed by atoms with Crippen LogP contribution in [0.5, 0.6) is 5.75 Å². The Bertz CT molecular complexity index is 366. The fraction of sp³-hybridized carbons (Fsp3) is 0.444. The van der Waals surface area contributed by atoms with Gasteiger partial charge in [0, 0.05) is 6.54 Å². The first-order valence-corrected chi connectivity index (χ1v) is 4.56. The quantitative estimate of drug-likeness (QED) is 0.620. The van der Waals surface area contributed by atoms with E-state index >= 15 is 0 Å². The number of carbonyl (C=O) groups is 1. The predicted octanol–water partition coefficient (Wildman–Crippen LogP) is 0.810. The normalized spacial score (nSPS) is 15.1. The number of fused-ring (bicyclic) bond motifs is 1. The molecular weight excluding hydrogens is 184 g/mol. The third-order valence-corrected chi connectivity index (χ3v) is 2.64. The van der Waals surface area contributed by atoms with E-state index in [4.69, 9.17) is 10.8 Å². The number of carboxylic acids is 1. The third-order valence-electron chi connectivity index (χ3n) is 2.64. The molecule has 14 heavy (non-hydrogen) atoms. The highest BCUT2D eigenvalue weighted by atomic mass is 16.4. The van der Waals surface area contributed by atoms with Crippen LogP contribution in [-0.2, 0) is 13.0 Å². The van der Waals surface area contributed by atoms with Crippen molar-refractivity contribution in [2.75, 3.05) is 5.73 Å². The Kier molecular flexibility index (Phi) is 1.87. The first-order chi connectivity index (χ1) is 6.63. The number of anilines is 1. The van der Waals surface area contributed by atoms with E-state index in [0.717, 1.165) is 12.8 Å². The van der Waals surface area contributed by atoms with Gasteiger partial charge in [-0.05, 0) is 19.3 Å². The van der Waals surface area contributed by atoms with Gasteiger partial charge in [-0.25, -0.2) is 4.79 Å². The molecule has 1 aromatic rings. The van der Waals surface area contributed by atoms with Crippen molar-refractivity contribution in [1.29, 1.82) is 0 Å². The van der Waals surface area contributed by atoms with Crippen molar-refractivity contribution in [2.45, 2.75) is 25.8 Å². The second-order valence-electron chi connectivity index (χ2n) is 3.47. The molecular formula is C9H12N2O3. The molecule has 0 fully saturated rings. The van der Waals surface area contributed by atoms with Gasteiger partial charge < -0.3 is 20.5 Å². The van der Waals surface area contributed by atoms with Gasteiger partial charge in [-0.3, -0.25) is 0 Å². The molecule has 5 nitrogen and oxygen atoms in total. The molecule has 0 atom stereocenters. The summed E-state index contributed by atoms with van der Waals surface area (Å²) in [5, 5.41) is 18.5. The van der Waals surface area contributed by atoms with Gasteiger partial charge in [-0.15, -0.1) is 0 Å². The van der Waals surface area contributed by atoms with E-state index in [2.05, 4.69) is 0 Å². The average Bonchev–Trinajstić information content (AvgIpc) is 2.41. The highest BCUT2D eigenvalue weighted by molar-refractivity contribution is 5.97. The summed E-state index contributed by atoms with van der Waals surface area (Å²) in [4.78, 5) is 10.8. The van der Waals surface area contributed by atoms with Gasteiger partial charge in [0.15, 0.2) is 5.75 Å². The molecule has 2 rings (SSSR count). The molecule has 0 amide bonds. The molecule has 1 aromatic heterocycles. The Labute approximate surface area is 80.8 Å².